The van der Waals surface area contributed by atoms with Crippen molar-refractivity contribution in [3.05, 3.63) is 0 Å². The Morgan fingerprint density at radius 2 is 1.50 bits per heavy atom. The molecule has 1 nitrogen and oxygen atoms in total. The lowest BCUT2D eigenvalue weighted by atomic mass is 9.45. The molecule has 2 unspecified atom stereocenters. The van der Waals surface area contributed by atoms with Crippen molar-refractivity contribution in [3.63, 3.8) is 0 Å². The lowest BCUT2D eigenvalue weighted by Crippen LogP contribution is -2.57. The third kappa shape index (κ3) is 1.54. The second-order valence-electron chi connectivity index (χ2n) is 7.32. The molecule has 4 fully saturated rings. The van der Waals surface area contributed by atoms with Crippen molar-refractivity contribution in [2.24, 2.45) is 16.7 Å². The Morgan fingerprint density at radius 3 is 1.88 bits per heavy atom. The van der Waals surface area contributed by atoms with Gasteiger partial charge in [0.2, 0.25) is 0 Å². The number of halogens is 2. The molecule has 2 atom stereocenters. The zero-order valence-electron chi connectivity index (χ0n) is 9.93. The predicted octanol–water partition coefficient (Wildman–Crippen LogP) is 5.41. The van der Waals surface area contributed by atoms with Crippen molar-refractivity contribution < 1.29 is 4.57 Å². The Hall–Kier alpha value is 0.810. The van der Waals surface area contributed by atoms with Gasteiger partial charge in [0, 0.05) is 0 Å². The van der Waals surface area contributed by atoms with Gasteiger partial charge in [0.05, 0.1) is 5.16 Å². The third-order valence-corrected chi connectivity index (χ3v) is 8.90. The highest BCUT2D eigenvalue weighted by molar-refractivity contribution is 8.09. The summed E-state index contributed by atoms with van der Waals surface area (Å²) >= 11 is 12.2. The molecule has 0 saturated heterocycles. The van der Waals surface area contributed by atoms with Crippen molar-refractivity contribution in [1.82, 2.24) is 0 Å². The molecular formula is C12H19Cl2OP. The molecule has 0 N–H and O–H groups in total. The van der Waals surface area contributed by atoms with Gasteiger partial charge in [-0.05, 0) is 77.8 Å². The Morgan fingerprint density at radius 1 is 1.00 bits per heavy atom. The third-order valence-electron chi connectivity index (χ3n) is 5.15. The van der Waals surface area contributed by atoms with E-state index >= 15 is 0 Å². The molecule has 4 aliphatic carbocycles. The van der Waals surface area contributed by atoms with Crippen molar-refractivity contribution in [2.45, 2.75) is 57.5 Å². The summed E-state index contributed by atoms with van der Waals surface area (Å²) in [6.45, 7) is 4.68. The van der Waals surface area contributed by atoms with Gasteiger partial charge in [0.25, 0.3) is 5.85 Å². The Balaban J connectivity index is 2.08. The van der Waals surface area contributed by atoms with Crippen LogP contribution in [0.15, 0.2) is 0 Å². The van der Waals surface area contributed by atoms with Gasteiger partial charge in [-0.3, -0.25) is 4.57 Å². The molecule has 0 aliphatic heterocycles. The topological polar surface area (TPSA) is 17.1 Å². The summed E-state index contributed by atoms with van der Waals surface area (Å²) in [4.78, 5) is 0. The lowest BCUT2D eigenvalue weighted by molar-refractivity contribution is -0.0801. The van der Waals surface area contributed by atoms with Crippen molar-refractivity contribution in [3.8, 4) is 0 Å². The molecule has 92 valence electrons. The van der Waals surface area contributed by atoms with E-state index in [4.69, 9.17) is 22.5 Å². The first-order valence-corrected chi connectivity index (χ1v) is 9.67. The molecule has 0 radical (unpaired) electrons. The van der Waals surface area contributed by atoms with Gasteiger partial charge < -0.3 is 0 Å². The molecule has 0 spiro atoms. The van der Waals surface area contributed by atoms with Crippen molar-refractivity contribution in [1.29, 1.82) is 0 Å². The van der Waals surface area contributed by atoms with Crippen molar-refractivity contribution >= 4 is 28.3 Å². The van der Waals surface area contributed by atoms with Crippen LogP contribution in [0.5, 0.6) is 0 Å². The van der Waals surface area contributed by atoms with Crippen LogP contribution in [0.3, 0.4) is 0 Å². The second kappa shape index (κ2) is 3.03. The van der Waals surface area contributed by atoms with E-state index in [-0.39, 0.29) is 5.16 Å². The maximum Gasteiger partial charge on any atom is 0.259 e. The summed E-state index contributed by atoms with van der Waals surface area (Å²) in [5.74, 6) is -2.30. The van der Waals surface area contributed by atoms with Gasteiger partial charge in [0.15, 0.2) is 0 Å². The smallest absolute Gasteiger partial charge is 0.259 e. The summed E-state index contributed by atoms with van der Waals surface area (Å²) in [5.41, 5.74) is 0.682. The molecule has 4 aliphatic rings. The predicted molar refractivity (Wildman–Crippen MR) is 69.4 cm³/mol. The van der Waals surface area contributed by atoms with Gasteiger partial charge in [0.1, 0.15) is 0 Å². The Bertz CT molecular complexity index is 370. The van der Waals surface area contributed by atoms with Gasteiger partial charge in [-0.25, -0.2) is 0 Å². The SMILES string of the molecule is CC12CC3CC(C)(C1)CC(P(=O)(Cl)Cl)(C3)C2. The fourth-order valence-corrected chi connectivity index (χ4v) is 8.41. The summed E-state index contributed by atoms with van der Waals surface area (Å²) in [5, 5.41) is -0.251. The van der Waals surface area contributed by atoms with E-state index in [1.165, 1.54) is 19.3 Å². The zero-order chi connectivity index (χ0) is 11.8. The standard InChI is InChI=1S/C12H19Cl2OP/c1-10-3-9-4-11(2,6-10)8-12(5-9,7-10)16(13,14)15/h9H,3-8H2,1-2H3. The first-order valence-electron chi connectivity index (χ1n) is 6.15. The second-order valence-corrected chi connectivity index (χ2v) is 12.6. The van der Waals surface area contributed by atoms with Gasteiger partial charge in [-0.1, -0.05) is 13.8 Å². The first kappa shape index (κ1) is 11.9. The van der Waals surface area contributed by atoms with E-state index in [0.29, 0.717) is 16.7 Å². The summed E-state index contributed by atoms with van der Waals surface area (Å²) in [6.07, 6.45) is 6.82. The number of hydrogen-bond acceptors (Lipinski definition) is 1. The van der Waals surface area contributed by atoms with E-state index in [1.54, 1.807) is 0 Å². The highest BCUT2D eigenvalue weighted by atomic mass is 35.9. The maximum absolute atomic E-state index is 12.3. The van der Waals surface area contributed by atoms with Crippen LogP contribution >= 0.6 is 28.3 Å². The van der Waals surface area contributed by atoms with E-state index in [2.05, 4.69) is 13.8 Å². The number of rotatable bonds is 1. The molecule has 0 aromatic heterocycles. The quantitative estimate of drug-likeness (QED) is 0.587. The van der Waals surface area contributed by atoms with Gasteiger partial charge in [-0.15, -0.1) is 0 Å². The van der Waals surface area contributed by atoms with E-state index < -0.39 is 5.85 Å². The van der Waals surface area contributed by atoms with Crippen LogP contribution in [0.2, 0.25) is 0 Å². The maximum atomic E-state index is 12.3. The fourth-order valence-electron chi connectivity index (χ4n) is 5.68. The average Bonchev–Trinajstić information content (AvgIpc) is 1.92. The molecule has 4 rings (SSSR count). The molecular weight excluding hydrogens is 262 g/mol. The minimum Gasteiger partial charge on any atom is -0.289 e. The molecule has 4 saturated carbocycles. The van der Waals surface area contributed by atoms with Crippen LogP contribution in [0, 0.1) is 16.7 Å². The summed E-state index contributed by atoms with van der Waals surface area (Å²) in [7, 11) is 0. The Kier molecular flexibility index (Phi) is 2.25. The molecule has 4 heteroatoms. The fraction of sp³-hybridized carbons (Fsp3) is 1.00. The molecule has 16 heavy (non-hydrogen) atoms. The highest BCUT2D eigenvalue weighted by Crippen LogP contribution is 2.81. The Labute approximate surface area is 107 Å². The van der Waals surface area contributed by atoms with E-state index in [9.17, 15) is 4.57 Å². The normalized spacial score (nSPS) is 55.6. The molecule has 0 aromatic carbocycles. The van der Waals surface area contributed by atoms with E-state index in [0.717, 1.165) is 19.3 Å². The minimum absolute atomic E-state index is 0.251. The van der Waals surface area contributed by atoms with Crippen LogP contribution in [0.4, 0.5) is 0 Å². The van der Waals surface area contributed by atoms with Crippen LogP contribution in [-0.2, 0) is 4.57 Å². The largest absolute Gasteiger partial charge is 0.289 e. The van der Waals surface area contributed by atoms with Gasteiger partial charge >= 0.3 is 0 Å². The molecule has 4 bridgehead atoms. The number of hydrogen-bond donors (Lipinski definition) is 0. The monoisotopic (exact) mass is 280 g/mol. The minimum atomic E-state index is -3.01. The van der Waals surface area contributed by atoms with Crippen LogP contribution in [0.1, 0.15) is 52.4 Å². The molecule has 0 amide bonds. The summed E-state index contributed by atoms with van der Waals surface area (Å²) in [6, 6.07) is 0. The van der Waals surface area contributed by atoms with Crippen LogP contribution in [-0.4, -0.2) is 5.16 Å². The summed E-state index contributed by atoms with van der Waals surface area (Å²) < 4.78 is 12.3. The average molecular weight is 281 g/mol. The lowest BCUT2D eigenvalue weighted by Gasteiger charge is -2.65. The molecule has 0 aromatic rings. The van der Waals surface area contributed by atoms with Crippen LogP contribution in [0.25, 0.3) is 0 Å². The first-order chi connectivity index (χ1) is 7.16. The highest BCUT2D eigenvalue weighted by Gasteiger charge is 2.65. The van der Waals surface area contributed by atoms with Crippen molar-refractivity contribution in [2.75, 3.05) is 0 Å². The van der Waals surface area contributed by atoms with Crippen LogP contribution < -0.4 is 0 Å². The molecule has 0 heterocycles. The zero-order valence-corrected chi connectivity index (χ0v) is 12.3. The van der Waals surface area contributed by atoms with E-state index in [1.807, 2.05) is 0 Å². The van der Waals surface area contributed by atoms with Gasteiger partial charge in [-0.2, -0.15) is 0 Å².